The lowest BCUT2D eigenvalue weighted by molar-refractivity contribution is -0.137. The highest BCUT2D eigenvalue weighted by Crippen LogP contribution is 2.26. The first-order chi connectivity index (χ1) is 11.1. The van der Waals surface area contributed by atoms with E-state index >= 15 is 0 Å². The summed E-state index contributed by atoms with van der Waals surface area (Å²) in [5.41, 5.74) is 2.90. The number of benzene rings is 1. The molecule has 1 aromatic heterocycles. The van der Waals surface area contributed by atoms with Gasteiger partial charge in [0.1, 0.15) is 5.69 Å². The van der Waals surface area contributed by atoms with Gasteiger partial charge in [-0.1, -0.05) is 31.2 Å². The molecule has 1 unspecified atom stereocenters. The molecular formula is C18H22N2O3. The summed E-state index contributed by atoms with van der Waals surface area (Å²) in [5, 5.41) is 8.74. The molecule has 0 spiro atoms. The van der Waals surface area contributed by atoms with Crippen LogP contribution in [-0.4, -0.2) is 26.8 Å². The van der Waals surface area contributed by atoms with Crippen LogP contribution in [0.4, 0.5) is 0 Å². The molecule has 23 heavy (non-hydrogen) atoms. The Hall–Kier alpha value is -2.43. The Bertz CT molecular complexity index is 650. The second-order valence-electron chi connectivity index (χ2n) is 5.77. The summed E-state index contributed by atoms with van der Waals surface area (Å²) in [6.07, 6.45) is 5.85. The number of aromatic amines is 1. The first-order valence-corrected chi connectivity index (χ1v) is 7.89. The summed E-state index contributed by atoms with van der Waals surface area (Å²) >= 11 is 0. The van der Waals surface area contributed by atoms with Crippen molar-refractivity contribution in [2.75, 3.05) is 0 Å². The van der Waals surface area contributed by atoms with Gasteiger partial charge in [0.15, 0.2) is 5.78 Å². The fourth-order valence-electron chi connectivity index (χ4n) is 2.75. The minimum Gasteiger partial charge on any atom is -0.481 e. The number of nitrogens with one attached hydrogen (secondary N) is 1. The zero-order chi connectivity index (χ0) is 16.7. The number of rotatable bonds is 9. The summed E-state index contributed by atoms with van der Waals surface area (Å²) in [6, 6.07) is 8.08. The first kappa shape index (κ1) is 16.9. The van der Waals surface area contributed by atoms with E-state index in [4.69, 9.17) is 5.11 Å². The predicted octanol–water partition coefficient (Wildman–Crippen LogP) is 3.58. The number of carbonyl (C=O) groups excluding carboxylic acids is 1. The maximum Gasteiger partial charge on any atom is 0.303 e. The Morgan fingerprint density at radius 1 is 1.26 bits per heavy atom. The standard InChI is InChI=1S/C18H22N2O3/c1-13(5-4-8-18(22)23)15-7-3-2-6-14(15)9-10-17(21)16-11-19-12-20-16/h2-3,6-7,11-13H,4-5,8-10H2,1H3,(H,19,20)(H,22,23). The van der Waals surface area contributed by atoms with Crippen molar-refractivity contribution >= 4 is 11.8 Å². The van der Waals surface area contributed by atoms with Gasteiger partial charge in [-0.3, -0.25) is 9.59 Å². The van der Waals surface area contributed by atoms with Crippen LogP contribution in [0, 0.1) is 0 Å². The highest BCUT2D eigenvalue weighted by atomic mass is 16.4. The zero-order valence-corrected chi connectivity index (χ0v) is 13.3. The topological polar surface area (TPSA) is 83.0 Å². The number of aromatic nitrogens is 2. The lowest BCUT2D eigenvalue weighted by atomic mass is 9.89. The van der Waals surface area contributed by atoms with Gasteiger partial charge >= 0.3 is 5.97 Å². The van der Waals surface area contributed by atoms with E-state index in [9.17, 15) is 9.59 Å². The Labute approximate surface area is 135 Å². The van der Waals surface area contributed by atoms with Crippen LogP contribution in [-0.2, 0) is 11.2 Å². The Kier molecular flexibility index (Phi) is 6.09. The van der Waals surface area contributed by atoms with Gasteiger partial charge in [-0.15, -0.1) is 0 Å². The van der Waals surface area contributed by atoms with Gasteiger partial charge < -0.3 is 10.1 Å². The molecule has 2 N–H and O–H groups in total. The smallest absolute Gasteiger partial charge is 0.303 e. The monoisotopic (exact) mass is 314 g/mol. The number of carbonyl (C=O) groups is 2. The molecule has 2 aromatic rings. The number of aryl methyl sites for hydroxylation is 1. The van der Waals surface area contributed by atoms with Gasteiger partial charge in [-0.2, -0.15) is 0 Å². The number of H-pyrrole nitrogens is 1. The molecule has 5 nitrogen and oxygen atoms in total. The van der Waals surface area contributed by atoms with E-state index in [2.05, 4.69) is 23.0 Å². The molecule has 1 aromatic carbocycles. The normalized spacial score (nSPS) is 12.0. The van der Waals surface area contributed by atoms with Gasteiger partial charge in [0.25, 0.3) is 0 Å². The average Bonchev–Trinajstić information content (AvgIpc) is 3.07. The van der Waals surface area contributed by atoms with Crippen molar-refractivity contribution < 1.29 is 14.7 Å². The number of imidazole rings is 1. The van der Waals surface area contributed by atoms with E-state index in [1.807, 2.05) is 18.2 Å². The minimum absolute atomic E-state index is 0.0517. The molecule has 122 valence electrons. The zero-order valence-electron chi connectivity index (χ0n) is 13.3. The summed E-state index contributed by atoms with van der Waals surface area (Å²) in [4.78, 5) is 29.4. The molecule has 2 rings (SSSR count). The van der Waals surface area contributed by atoms with Crippen molar-refractivity contribution in [2.45, 2.75) is 44.9 Å². The lowest BCUT2D eigenvalue weighted by Gasteiger charge is -2.16. The minimum atomic E-state index is -0.754. The average molecular weight is 314 g/mol. The third-order valence-electron chi connectivity index (χ3n) is 4.03. The van der Waals surface area contributed by atoms with Crippen LogP contribution in [0.15, 0.2) is 36.8 Å². The van der Waals surface area contributed by atoms with Crippen LogP contribution in [0.3, 0.4) is 0 Å². The summed E-state index contributed by atoms with van der Waals surface area (Å²) in [7, 11) is 0. The third-order valence-corrected chi connectivity index (χ3v) is 4.03. The third kappa shape index (κ3) is 5.06. The van der Waals surface area contributed by atoms with Gasteiger partial charge in [0.05, 0.1) is 12.5 Å². The molecular weight excluding hydrogens is 292 g/mol. The number of carboxylic acid groups (broad SMARTS) is 1. The lowest BCUT2D eigenvalue weighted by Crippen LogP contribution is -2.05. The highest BCUT2D eigenvalue weighted by Gasteiger charge is 2.13. The van der Waals surface area contributed by atoms with Crippen molar-refractivity contribution in [1.82, 2.24) is 9.97 Å². The van der Waals surface area contributed by atoms with Gasteiger partial charge in [-0.05, 0) is 36.3 Å². The molecule has 1 heterocycles. The maximum atomic E-state index is 12.1. The molecule has 0 aliphatic carbocycles. The molecule has 0 saturated heterocycles. The van der Waals surface area contributed by atoms with Crippen molar-refractivity contribution in [3.63, 3.8) is 0 Å². The predicted molar refractivity (Wildman–Crippen MR) is 87.6 cm³/mol. The summed E-state index contributed by atoms with van der Waals surface area (Å²) in [6.45, 7) is 2.11. The van der Waals surface area contributed by atoms with Crippen molar-refractivity contribution in [3.05, 3.63) is 53.6 Å². The van der Waals surface area contributed by atoms with E-state index in [1.54, 1.807) is 6.20 Å². The second-order valence-corrected chi connectivity index (χ2v) is 5.77. The summed E-state index contributed by atoms with van der Waals surface area (Å²) in [5.74, 6) is -0.417. The Morgan fingerprint density at radius 3 is 2.74 bits per heavy atom. The molecule has 0 radical (unpaired) electrons. The van der Waals surface area contributed by atoms with Crippen LogP contribution in [0.1, 0.15) is 60.1 Å². The molecule has 0 bridgehead atoms. The van der Waals surface area contributed by atoms with Crippen LogP contribution in [0.25, 0.3) is 0 Å². The van der Waals surface area contributed by atoms with Crippen LogP contribution >= 0.6 is 0 Å². The van der Waals surface area contributed by atoms with Gasteiger partial charge in [0.2, 0.25) is 0 Å². The van der Waals surface area contributed by atoms with Crippen LogP contribution < -0.4 is 0 Å². The fourth-order valence-corrected chi connectivity index (χ4v) is 2.75. The van der Waals surface area contributed by atoms with E-state index in [-0.39, 0.29) is 18.1 Å². The van der Waals surface area contributed by atoms with Crippen LogP contribution in [0.5, 0.6) is 0 Å². The number of carboxylic acids is 1. The van der Waals surface area contributed by atoms with E-state index in [0.29, 0.717) is 25.0 Å². The van der Waals surface area contributed by atoms with Crippen molar-refractivity contribution in [3.8, 4) is 0 Å². The number of hydrogen-bond acceptors (Lipinski definition) is 3. The highest BCUT2D eigenvalue weighted by molar-refractivity contribution is 5.94. The van der Waals surface area contributed by atoms with Crippen molar-refractivity contribution in [1.29, 1.82) is 0 Å². The molecule has 0 aliphatic rings. The fraction of sp³-hybridized carbons (Fsp3) is 0.389. The molecule has 5 heteroatoms. The van der Waals surface area contributed by atoms with Gasteiger partial charge in [-0.25, -0.2) is 4.98 Å². The SMILES string of the molecule is CC(CCCC(=O)O)c1ccccc1CCC(=O)c1cnc[nH]1. The number of Topliss-reactive ketones (excluding diaryl/α,β-unsaturated/α-hetero) is 1. The molecule has 0 aliphatic heterocycles. The number of hydrogen-bond donors (Lipinski definition) is 2. The second kappa shape index (κ2) is 8.27. The van der Waals surface area contributed by atoms with Gasteiger partial charge in [0, 0.05) is 12.8 Å². The Balaban J connectivity index is 1.96. The molecule has 0 fully saturated rings. The van der Waals surface area contributed by atoms with E-state index in [0.717, 1.165) is 12.0 Å². The van der Waals surface area contributed by atoms with Crippen molar-refractivity contribution in [2.24, 2.45) is 0 Å². The molecule has 0 saturated carbocycles. The molecule has 1 atom stereocenters. The quantitative estimate of drug-likeness (QED) is 0.693. The maximum absolute atomic E-state index is 12.1. The largest absolute Gasteiger partial charge is 0.481 e. The van der Waals surface area contributed by atoms with Crippen LogP contribution in [0.2, 0.25) is 0 Å². The molecule has 0 amide bonds. The number of aliphatic carboxylic acids is 1. The number of nitrogens with zero attached hydrogens (tertiary/aromatic N) is 1. The Morgan fingerprint density at radius 2 is 2.04 bits per heavy atom. The van der Waals surface area contributed by atoms with E-state index < -0.39 is 5.97 Å². The summed E-state index contributed by atoms with van der Waals surface area (Å²) < 4.78 is 0. The first-order valence-electron chi connectivity index (χ1n) is 7.89. The van der Waals surface area contributed by atoms with E-state index in [1.165, 1.54) is 11.9 Å². The number of ketones is 1.